The Labute approximate surface area is 525 Å². The van der Waals surface area contributed by atoms with Crippen molar-refractivity contribution in [2.24, 2.45) is 0 Å². The fraction of sp³-hybridized carbons (Fsp3) is 0.0476. The molecule has 0 atom stereocenters. The minimum Gasteiger partial charge on any atom is -0.305 e. The number of pyridine rings is 4. The first-order valence-corrected chi connectivity index (χ1v) is 24.0. The second-order valence-corrected chi connectivity index (χ2v) is 16.1. The van der Waals surface area contributed by atoms with E-state index in [1.165, 1.54) is 16.7 Å². The van der Waals surface area contributed by atoms with Crippen molar-refractivity contribution < 1.29 is 101 Å². The third kappa shape index (κ3) is 26.3. The van der Waals surface area contributed by atoms with Crippen LogP contribution in [0, 0.1) is 36.4 Å². The summed E-state index contributed by atoms with van der Waals surface area (Å²) in [6, 6.07) is 87.8. The van der Waals surface area contributed by atoms with Crippen LogP contribution in [0.25, 0.3) is 21.9 Å². The van der Waals surface area contributed by atoms with Gasteiger partial charge in [0.15, 0.2) is 0 Å². The minimum atomic E-state index is 0. The topological polar surface area (TPSA) is 87.2 Å². The van der Waals surface area contributed by atoms with Gasteiger partial charge in [-0.2, -0.15) is 148 Å². The molecule has 77 heavy (non-hydrogen) atoms. The molecule has 5 aromatic carbocycles. The molecule has 0 bridgehead atoms. The van der Waals surface area contributed by atoms with Gasteiger partial charge in [0.25, 0.3) is 0 Å². The van der Waals surface area contributed by atoms with E-state index in [9.17, 15) is 0 Å². The van der Waals surface area contributed by atoms with Gasteiger partial charge in [-0.1, -0.05) is 30.3 Å². The Kier molecular flexibility index (Phi) is 36.0. The van der Waals surface area contributed by atoms with Crippen LogP contribution in [-0.2, 0) is 120 Å². The van der Waals surface area contributed by atoms with Crippen LogP contribution in [0.15, 0.2) is 267 Å². The fourth-order valence-corrected chi connectivity index (χ4v) is 7.09. The van der Waals surface area contributed by atoms with Gasteiger partial charge in [0.2, 0.25) is 0 Å². The summed E-state index contributed by atoms with van der Waals surface area (Å²) in [5.74, 6) is 0. The van der Waals surface area contributed by atoms with E-state index in [0.717, 1.165) is 58.3 Å². The molecule has 0 spiro atoms. The molecule has 0 aliphatic carbocycles. The Bertz CT molecular complexity index is 2810. The molecule has 0 amide bonds. The third-order valence-corrected chi connectivity index (χ3v) is 10.7. The first kappa shape index (κ1) is 67.2. The zero-order valence-corrected chi connectivity index (χ0v) is 52.2. The van der Waals surface area contributed by atoms with Gasteiger partial charge >= 0.3 is 0 Å². The molecule has 3 radical (unpaired) electrons. The van der Waals surface area contributed by atoms with Crippen LogP contribution in [0.3, 0.4) is 0 Å². The average Bonchev–Trinajstić information content (AvgIpc) is 4.31. The summed E-state index contributed by atoms with van der Waals surface area (Å²) in [4.78, 5) is 17.0. The smallest absolute Gasteiger partial charge is 0.0493 e. The van der Waals surface area contributed by atoms with Crippen LogP contribution in [0.5, 0.6) is 0 Å². The van der Waals surface area contributed by atoms with E-state index >= 15 is 0 Å². The zero-order chi connectivity index (χ0) is 49.4. The van der Waals surface area contributed by atoms with Crippen molar-refractivity contribution in [2.75, 3.05) is 0 Å². The molecule has 12 aromatic rings. The van der Waals surface area contributed by atoms with Gasteiger partial charge in [-0.15, -0.1) is 42.0 Å². The van der Waals surface area contributed by atoms with Crippen molar-refractivity contribution >= 4 is 11.3 Å². The monoisotopic (exact) mass is 1740 g/mol. The maximum absolute atomic E-state index is 4.25. The molecule has 0 fully saturated rings. The Morgan fingerprint density at radius 3 is 1.13 bits per heavy atom. The molecule has 7 aromatic heterocycles. The molecule has 12 rings (SSSR count). The van der Waals surface area contributed by atoms with Gasteiger partial charge in [0.1, 0.15) is 0 Å². The second-order valence-electron chi connectivity index (χ2n) is 15.2. The van der Waals surface area contributed by atoms with Crippen molar-refractivity contribution in [3.05, 3.63) is 337 Å². The molecule has 0 unspecified atom stereocenters. The number of benzene rings is 5. The first-order chi connectivity index (χ1) is 35.7. The summed E-state index contributed by atoms with van der Waals surface area (Å²) in [7, 11) is 0. The van der Waals surface area contributed by atoms with E-state index in [-0.39, 0.29) is 101 Å². The summed E-state index contributed by atoms with van der Waals surface area (Å²) < 4.78 is 3.57. The van der Waals surface area contributed by atoms with E-state index in [1.807, 2.05) is 230 Å². The maximum Gasteiger partial charge on any atom is 0.0493 e. The summed E-state index contributed by atoms with van der Waals surface area (Å²) >= 11 is 1.63. The summed E-state index contributed by atoms with van der Waals surface area (Å²) in [5, 5.41) is 11.1. The van der Waals surface area contributed by atoms with Crippen molar-refractivity contribution in [1.82, 2.24) is 39.5 Å². The summed E-state index contributed by atoms with van der Waals surface area (Å²) in [6.45, 7) is 0. The average molecular weight is 1740 g/mol. The second kappa shape index (κ2) is 41.2. The third-order valence-electron chi connectivity index (χ3n) is 9.87. The summed E-state index contributed by atoms with van der Waals surface area (Å²) in [6.07, 6.45) is 17.1. The van der Waals surface area contributed by atoms with Gasteiger partial charge in [-0.3, -0.25) is 24.3 Å². The number of hydrogen-bond acceptors (Lipinski definition) is 7. The van der Waals surface area contributed by atoms with Gasteiger partial charge < -0.3 is 4.98 Å². The van der Waals surface area contributed by atoms with Gasteiger partial charge in [-0.05, 0) is 85.2 Å². The van der Waals surface area contributed by atoms with Crippen LogP contribution in [0.1, 0.15) is 33.8 Å². The van der Waals surface area contributed by atoms with Gasteiger partial charge in [0, 0.05) is 173 Å². The molecule has 14 heteroatoms. The molecule has 0 aliphatic rings. The van der Waals surface area contributed by atoms with E-state index in [4.69, 9.17) is 0 Å². The standard InChI is InChI=1S/3C12H10N.C11H8N.C9H7N2.C7H5N2S.2Ir.Pd.Pt.Rh/c3*1-2-6-11(7-3-1)10-12-8-4-5-9-13-12;1-2-6-10(7-3-1)11-8-4-5-9-12-11;1-2-5-9(6-3-1)11-8-4-7-10-11;1-3-7(10-6-1)9-5-2-4-8-9;;;;;/h3*1-6,8-9H,10H2;1-6,8-9H;1-5,7-8H;1-2,4-6H;;;;;/q6*-1;;;;;. The van der Waals surface area contributed by atoms with Crippen molar-refractivity contribution in [3.8, 4) is 21.9 Å². The van der Waals surface area contributed by atoms with E-state index in [2.05, 4.69) is 84.7 Å². The van der Waals surface area contributed by atoms with Crippen LogP contribution in [0.4, 0.5) is 0 Å². The van der Waals surface area contributed by atoms with Gasteiger partial charge in [0.05, 0.1) is 0 Å². The number of para-hydroxylation sites is 1. The predicted molar refractivity (Wildman–Crippen MR) is 288 cm³/mol. The largest absolute Gasteiger partial charge is 0.305 e. The SMILES string of the molecule is [Ir].[Ir].[Pd].[Pt].[Rh].[c-]1ccccc1-c1ccccn1.[c-]1ccccc1-n1cccn1.[c-]1ccccc1Cc1ccccn1.[c-]1ccccc1Cc1ccccn1.[c-]1ccccc1Cc1ccccn1.[c-]1ccsc1-n1cccn1. The van der Waals surface area contributed by atoms with Crippen LogP contribution in [-0.4, -0.2) is 39.5 Å². The quantitative estimate of drug-likeness (QED) is 0.106. The fourth-order valence-electron chi connectivity index (χ4n) is 6.47. The zero-order valence-electron chi connectivity index (χ0n) is 41.1. The van der Waals surface area contributed by atoms with Crippen molar-refractivity contribution in [3.63, 3.8) is 0 Å². The molecule has 401 valence electrons. The molecule has 0 aliphatic heterocycles. The Morgan fingerprint density at radius 2 is 0.792 bits per heavy atom. The number of thiophene rings is 1. The number of hydrogen-bond donors (Lipinski definition) is 0. The minimum absolute atomic E-state index is 0. The molecule has 0 saturated heterocycles. The first-order valence-electron chi connectivity index (χ1n) is 23.1. The molecule has 0 N–H and O–H groups in total. The molecular formula is C63H50Ir2N8PdPtRhS-6. The summed E-state index contributed by atoms with van der Waals surface area (Å²) in [5.41, 5.74) is 9.79. The number of nitrogens with zero attached hydrogens (tertiary/aromatic N) is 8. The Morgan fingerprint density at radius 1 is 0.377 bits per heavy atom. The van der Waals surface area contributed by atoms with E-state index in [0.29, 0.717) is 0 Å². The Hall–Kier alpha value is -5.91. The van der Waals surface area contributed by atoms with Crippen LogP contribution in [0.2, 0.25) is 0 Å². The van der Waals surface area contributed by atoms with E-state index in [1.54, 1.807) is 39.3 Å². The van der Waals surface area contributed by atoms with E-state index < -0.39 is 0 Å². The maximum atomic E-state index is 4.25. The van der Waals surface area contributed by atoms with Gasteiger partial charge in [-0.25, -0.2) is 23.5 Å². The van der Waals surface area contributed by atoms with Crippen LogP contribution >= 0.6 is 11.3 Å². The molecule has 7 heterocycles. The number of rotatable bonds is 9. The Balaban J connectivity index is 0.000000313. The molecular weight excluding hydrogens is 1690 g/mol. The molecule has 8 nitrogen and oxygen atoms in total. The predicted octanol–water partition coefficient (Wildman–Crippen LogP) is 13.4. The normalized spacial score (nSPS) is 9.19. The number of aromatic nitrogens is 8. The van der Waals surface area contributed by atoms with Crippen molar-refractivity contribution in [2.45, 2.75) is 19.3 Å². The van der Waals surface area contributed by atoms with Crippen LogP contribution < -0.4 is 0 Å². The molecule has 0 saturated carbocycles. The van der Waals surface area contributed by atoms with Crippen molar-refractivity contribution in [1.29, 1.82) is 0 Å².